The number of methoxy groups -OCH3 is 1. The maximum atomic E-state index is 14.8. The number of carbonyl (C=O) groups is 4. The number of aliphatic hydroxyl groups is 1. The summed E-state index contributed by atoms with van der Waals surface area (Å²) in [7, 11) is 1.56. The zero-order chi connectivity index (χ0) is 35.3. The van der Waals surface area contributed by atoms with Crippen LogP contribution in [0.4, 0.5) is 5.69 Å². The third-order valence-electron chi connectivity index (χ3n) is 10.0. The lowest BCUT2D eigenvalue weighted by molar-refractivity contribution is -0.147. The van der Waals surface area contributed by atoms with Gasteiger partial charge in [0.25, 0.3) is 5.91 Å². The number of hydrogen-bond acceptors (Lipinski definition) is 8. The normalized spacial score (nSPS) is 25.0. The van der Waals surface area contributed by atoms with E-state index in [1.807, 2.05) is 44.2 Å². The van der Waals surface area contributed by atoms with E-state index in [0.29, 0.717) is 30.7 Å². The van der Waals surface area contributed by atoms with Gasteiger partial charge in [0, 0.05) is 18.7 Å². The van der Waals surface area contributed by atoms with Gasteiger partial charge in [0.05, 0.1) is 43.7 Å². The van der Waals surface area contributed by atoms with Crippen molar-refractivity contribution < 1.29 is 38.5 Å². The highest BCUT2D eigenvalue weighted by molar-refractivity contribution is 6.05. The van der Waals surface area contributed by atoms with Crippen LogP contribution in [0.2, 0.25) is 0 Å². The van der Waals surface area contributed by atoms with E-state index >= 15 is 0 Å². The molecule has 3 heterocycles. The van der Waals surface area contributed by atoms with Gasteiger partial charge in [-0.3, -0.25) is 19.2 Å². The number of likely N-dealkylation sites (tertiary alicyclic amines) is 1. The second kappa shape index (κ2) is 15.4. The molecule has 49 heavy (non-hydrogen) atoms. The summed E-state index contributed by atoms with van der Waals surface area (Å²) in [5.41, 5.74) is 0.0329. The minimum Gasteiger partial charge on any atom is -0.497 e. The first kappa shape index (κ1) is 35.8. The zero-order valence-corrected chi connectivity index (χ0v) is 28.5. The monoisotopic (exact) mass is 673 g/mol. The van der Waals surface area contributed by atoms with Gasteiger partial charge in [-0.1, -0.05) is 56.3 Å². The fourth-order valence-electron chi connectivity index (χ4n) is 7.65. The third kappa shape index (κ3) is 6.87. The van der Waals surface area contributed by atoms with Crippen LogP contribution in [0.1, 0.15) is 51.1 Å². The predicted octanol–water partition coefficient (Wildman–Crippen LogP) is 3.97. The lowest BCUT2D eigenvalue weighted by Crippen LogP contribution is -2.59. The number of fused-ring (bicyclic) bond motifs is 1. The number of anilines is 1. The molecule has 2 aromatic rings. The highest BCUT2D eigenvalue weighted by atomic mass is 16.5. The van der Waals surface area contributed by atoms with Gasteiger partial charge in [-0.2, -0.15) is 0 Å². The summed E-state index contributed by atoms with van der Waals surface area (Å²) < 4.78 is 17.5. The number of carbonyl (C=O) groups excluding carboxylic acids is 4. The molecule has 11 nitrogen and oxygen atoms in total. The zero-order valence-electron chi connectivity index (χ0n) is 28.5. The standard InChI is InChI=1S/C38H47N3O8/c1-6-8-14-31(43)48-23-28(25-12-10-9-11-13-25)39-35(44)32-30-19-20-38(49-30)33(32)36(45)41(29(22-42)24(3)4)34(38)37(46)40(21-7-2)26-15-17-27(47-5)18-16-26/h6-7,9-13,15-18,24,28-30,32-34,42H,1-2,8,14,19-23H2,3-5H3,(H,39,44)/t28-,29+,30+,32-,33-,34+,38-/m1/s1. The maximum absolute atomic E-state index is 14.8. The van der Waals surface area contributed by atoms with Gasteiger partial charge in [0.15, 0.2) is 0 Å². The highest BCUT2D eigenvalue weighted by Crippen LogP contribution is 2.59. The summed E-state index contributed by atoms with van der Waals surface area (Å²) in [6.45, 7) is 11.0. The molecule has 2 bridgehead atoms. The van der Waals surface area contributed by atoms with E-state index in [4.69, 9.17) is 14.2 Å². The van der Waals surface area contributed by atoms with Crippen molar-refractivity contribution in [2.75, 3.05) is 31.8 Å². The molecular weight excluding hydrogens is 626 g/mol. The minimum absolute atomic E-state index is 0.0979. The van der Waals surface area contributed by atoms with Crippen LogP contribution in [0, 0.1) is 17.8 Å². The fraction of sp³-hybridized carbons (Fsp3) is 0.474. The Morgan fingerprint density at radius 2 is 1.84 bits per heavy atom. The van der Waals surface area contributed by atoms with E-state index in [1.54, 1.807) is 48.4 Å². The Kier molecular flexibility index (Phi) is 11.2. The van der Waals surface area contributed by atoms with Gasteiger partial charge < -0.3 is 34.4 Å². The first-order chi connectivity index (χ1) is 23.6. The van der Waals surface area contributed by atoms with Crippen LogP contribution < -0.4 is 15.0 Å². The average Bonchev–Trinajstić information content (AvgIpc) is 3.76. The smallest absolute Gasteiger partial charge is 0.306 e. The van der Waals surface area contributed by atoms with Crippen molar-refractivity contribution in [1.29, 1.82) is 0 Å². The van der Waals surface area contributed by atoms with E-state index in [1.165, 1.54) is 4.90 Å². The van der Waals surface area contributed by atoms with Crippen molar-refractivity contribution in [3.8, 4) is 5.75 Å². The number of rotatable bonds is 16. The van der Waals surface area contributed by atoms with E-state index in [2.05, 4.69) is 18.5 Å². The number of hydrogen-bond donors (Lipinski definition) is 2. The van der Waals surface area contributed by atoms with Crippen molar-refractivity contribution in [3.63, 3.8) is 0 Å². The average molecular weight is 674 g/mol. The third-order valence-corrected chi connectivity index (χ3v) is 10.0. The van der Waals surface area contributed by atoms with Crippen LogP contribution in [-0.2, 0) is 28.7 Å². The number of aliphatic hydroxyl groups excluding tert-OH is 1. The topological polar surface area (TPSA) is 135 Å². The van der Waals surface area contributed by atoms with Crippen LogP contribution in [-0.4, -0.2) is 84.4 Å². The molecule has 11 heteroatoms. The summed E-state index contributed by atoms with van der Waals surface area (Å²) >= 11 is 0. The highest BCUT2D eigenvalue weighted by Gasteiger charge is 2.75. The summed E-state index contributed by atoms with van der Waals surface area (Å²) in [5, 5.41) is 13.6. The summed E-state index contributed by atoms with van der Waals surface area (Å²) in [5.74, 6) is -3.04. The number of allylic oxidation sites excluding steroid dienone is 1. The van der Waals surface area contributed by atoms with Gasteiger partial charge in [0.2, 0.25) is 11.8 Å². The van der Waals surface area contributed by atoms with Gasteiger partial charge in [-0.15, -0.1) is 13.2 Å². The Morgan fingerprint density at radius 3 is 2.45 bits per heavy atom. The Balaban J connectivity index is 1.49. The second-order valence-corrected chi connectivity index (χ2v) is 13.2. The summed E-state index contributed by atoms with van der Waals surface area (Å²) in [6.07, 6.45) is 4.16. The summed E-state index contributed by atoms with van der Waals surface area (Å²) in [4.78, 5) is 59.2. The SMILES string of the molecule is C=CCCC(=O)OC[C@@H](NC(=O)[C@@H]1[C@@H]2CC[C@]3(O2)[C@H](C(=O)N(CC=C)c2ccc(OC)cc2)N([C@@H](CO)C(C)C)C(=O)[C@@H]13)c1ccccc1. The summed E-state index contributed by atoms with van der Waals surface area (Å²) in [6, 6.07) is 13.7. The molecule has 0 aromatic heterocycles. The van der Waals surface area contributed by atoms with E-state index in [0.717, 1.165) is 5.56 Å². The molecule has 0 radical (unpaired) electrons. The molecular formula is C38H47N3O8. The molecule has 5 rings (SSSR count). The van der Waals surface area contributed by atoms with Crippen molar-refractivity contribution in [2.45, 2.75) is 69.4 Å². The number of nitrogens with one attached hydrogen (secondary N) is 1. The number of benzene rings is 2. The molecule has 2 N–H and O–H groups in total. The Bertz CT molecular complexity index is 1530. The molecule has 3 aliphatic heterocycles. The molecule has 3 saturated heterocycles. The number of ether oxygens (including phenoxy) is 3. The van der Waals surface area contributed by atoms with Gasteiger partial charge in [-0.05, 0) is 55.0 Å². The van der Waals surface area contributed by atoms with Crippen LogP contribution in [0.3, 0.4) is 0 Å². The van der Waals surface area contributed by atoms with Gasteiger partial charge in [-0.25, -0.2) is 0 Å². The Morgan fingerprint density at radius 1 is 1.12 bits per heavy atom. The van der Waals surface area contributed by atoms with Gasteiger partial charge in [0.1, 0.15) is 24.0 Å². The molecule has 1 spiro atoms. The maximum Gasteiger partial charge on any atom is 0.306 e. The molecule has 0 aliphatic carbocycles. The van der Waals surface area contributed by atoms with Crippen molar-refractivity contribution in [3.05, 3.63) is 85.5 Å². The molecule has 3 amide bonds. The van der Waals surface area contributed by atoms with Crippen molar-refractivity contribution in [2.24, 2.45) is 17.8 Å². The number of nitrogens with zero attached hydrogens (tertiary/aromatic N) is 2. The second-order valence-electron chi connectivity index (χ2n) is 13.2. The molecule has 3 aliphatic rings. The molecule has 262 valence electrons. The quantitative estimate of drug-likeness (QED) is 0.202. The van der Waals surface area contributed by atoms with E-state index in [-0.39, 0.29) is 38.0 Å². The predicted molar refractivity (Wildman–Crippen MR) is 183 cm³/mol. The molecule has 3 fully saturated rings. The Labute approximate surface area is 287 Å². The van der Waals surface area contributed by atoms with Crippen LogP contribution in [0.5, 0.6) is 5.75 Å². The molecule has 0 saturated carbocycles. The number of esters is 1. The van der Waals surface area contributed by atoms with Crippen LogP contribution in [0.15, 0.2) is 79.9 Å². The van der Waals surface area contributed by atoms with E-state index < -0.39 is 59.5 Å². The number of amides is 3. The molecule has 0 unspecified atom stereocenters. The minimum atomic E-state index is -1.28. The fourth-order valence-corrected chi connectivity index (χ4v) is 7.65. The largest absolute Gasteiger partial charge is 0.497 e. The first-order valence-electron chi connectivity index (χ1n) is 16.9. The van der Waals surface area contributed by atoms with Crippen LogP contribution >= 0.6 is 0 Å². The Hall–Kier alpha value is -4.48. The molecule has 7 atom stereocenters. The van der Waals surface area contributed by atoms with Crippen LogP contribution in [0.25, 0.3) is 0 Å². The van der Waals surface area contributed by atoms with Gasteiger partial charge >= 0.3 is 5.97 Å². The lowest BCUT2D eigenvalue weighted by Gasteiger charge is -2.40. The van der Waals surface area contributed by atoms with Crippen molar-refractivity contribution in [1.82, 2.24) is 10.2 Å². The molecule has 2 aromatic carbocycles. The lowest BCUT2D eigenvalue weighted by atomic mass is 9.70. The first-order valence-corrected chi connectivity index (χ1v) is 16.9. The van der Waals surface area contributed by atoms with Crippen molar-refractivity contribution >= 4 is 29.4 Å². The van der Waals surface area contributed by atoms with E-state index in [9.17, 15) is 24.3 Å².